The average molecular weight is 213 g/mol. The van der Waals surface area contributed by atoms with Gasteiger partial charge in [0.15, 0.2) is 0 Å². The van der Waals surface area contributed by atoms with Gasteiger partial charge in [0.05, 0.1) is 11.3 Å². The maximum Gasteiger partial charge on any atom is 0.307 e. The molecule has 5 nitrogen and oxygen atoms in total. The zero-order valence-electron chi connectivity index (χ0n) is 7.86. The highest BCUT2D eigenvalue weighted by Crippen LogP contribution is 2.25. The minimum atomic E-state index is -1.23. The molecule has 1 aromatic carbocycles. The number of carboxylic acids is 1. The molecular formula is C9H8FNO4. The molecule has 1 N–H and O–H groups in total. The van der Waals surface area contributed by atoms with E-state index >= 15 is 0 Å². The van der Waals surface area contributed by atoms with E-state index in [1.54, 1.807) is 0 Å². The van der Waals surface area contributed by atoms with Crippen LogP contribution in [0.5, 0.6) is 0 Å². The van der Waals surface area contributed by atoms with Crippen molar-refractivity contribution in [2.24, 2.45) is 0 Å². The van der Waals surface area contributed by atoms with Gasteiger partial charge in [0.2, 0.25) is 5.82 Å². The molecular weight excluding hydrogens is 205 g/mol. The van der Waals surface area contributed by atoms with Crippen LogP contribution < -0.4 is 0 Å². The number of aliphatic carboxylic acids is 1. The Labute approximate surface area is 84.3 Å². The second-order valence-electron chi connectivity index (χ2n) is 3.03. The van der Waals surface area contributed by atoms with Crippen LogP contribution in [0.1, 0.15) is 11.1 Å². The number of aryl methyl sites for hydroxylation is 1. The van der Waals surface area contributed by atoms with Crippen LogP contribution in [-0.2, 0) is 11.2 Å². The minimum Gasteiger partial charge on any atom is -0.481 e. The number of nitrogens with zero attached hydrogens (tertiary/aromatic N) is 1. The summed E-state index contributed by atoms with van der Waals surface area (Å²) in [7, 11) is 0. The summed E-state index contributed by atoms with van der Waals surface area (Å²) in [5.41, 5.74) is -0.666. The molecule has 1 rings (SSSR count). The minimum absolute atomic E-state index is 0.173. The molecule has 0 radical (unpaired) electrons. The largest absolute Gasteiger partial charge is 0.481 e. The van der Waals surface area contributed by atoms with E-state index in [4.69, 9.17) is 5.11 Å². The smallest absolute Gasteiger partial charge is 0.307 e. The van der Waals surface area contributed by atoms with Crippen molar-refractivity contribution in [3.05, 3.63) is 39.2 Å². The summed E-state index contributed by atoms with van der Waals surface area (Å²) in [5.74, 6) is -2.30. The number of hydrogen-bond donors (Lipinski definition) is 1. The van der Waals surface area contributed by atoms with Gasteiger partial charge in [0.25, 0.3) is 0 Å². The van der Waals surface area contributed by atoms with E-state index in [2.05, 4.69) is 0 Å². The van der Waals surface area contributed by atoms with Gasteiger partial charge in [-0.3, -0.25) is 14.9 Å². The lowest BCUT2D eigenvalue weighted by Crippen LogP contribution is -2.05. The molecule has 0 saturated heterocycles. The zero-order valence-corrected chi connectivity index (χ0v) is 7.86. The number of hydrogen-bond acceptors (Lipinski definition) is 3. The molecule has 6 heteroatoms. The van der Waals surface area contributed by atoms with Crippen molar-refractivity contribution in [1.82, 2.24) is 0 Å². The van der Waals surface area contributed by atoms with Gasteiger partial charge in [-0.15, -0.1) is 0 Å². The zero-order chi connectivity index (χ0) is 11.6. The van der Waals surface area contributed by atoms with E-state index in [1.165, 1.54) is 19.1 Å². The van der Waals surface area contributed by atoms with Crippen molar-refractivity contribution in [2.45, 2.75) is 13.3 Å². The predicted octanol–water partition coefficient (Wildman–Crippen LogP) is 1.67. The van der Waals surface area contributed by atoms with Gasteiger partial charge < -0.3 is 5.11 Å². The number of carboxylic acid groups (broad SMARTS) is 1. The normalized spacial score (nSPS) is 10.0. The first-order valence-corrected chi connectivity index (χ1v) is 4.07. The molecule has 0 heterocycles. The summed E-state index contributed by atoms with van der Waals surface area (Å²) in [6.45, 7) is 1.39. The van der Waals surface area contributed by atoms with Crippen molar-refractivity contribution in [3.8, 4) is 0 Å². The molecule has 0 spiro atoms. The van der Waals surface area contributed by atoms with Crippen LogP contribution in [0.15, 0.2) is 12.1 Å². The fourth-order valence-corrected chi connectivity index (χ4v) is 1.23. The molecule has 0 saturated carbocycles. The summed E-state index contributed by atoms with van der Waals surface area (Å²) in [4.78, 5) is 20.0. The maximum absolute atomic E-state index is 13.4. The first-order valence-electron chi connectivity index (χ1n) is 4.07. The van der Waals surface area contributed by atoms with Crippen LogP contribution in [0.3, 0.4) is 0 Å². The SMILES string of the molecule is Cc1ccc(CC(=O)O)c(F)c1[N+](=O)[O-]. The molecule has 0 amide bonds. The number of benzene rings is 1. The monoisotopic (exact) mass is 213 g/mol. The Kier molecular flexibility index (Phi) is 2.99. The Balaban J connectivity index is 3.28. The molecule has 0 aromatic heterocycles. The molecule has 0 aliphatic rings. The Morgan fingerprint density at radius 3 is 2.67 bits per heavy atom. The van der Waals surface area contributed by atoms with Crippen LogP contribution in [0, 0.1) is 22.9 Å². The van der Waals surface area contributed by atoms with Gasteiger partial charge in [-0.05, 0) is 6.92 Å². The van der Waals surface area contributed by atoms with Crippen LogP contribution >= 0.6 is 0 Å². The van der Waals surface area contributed by atoms with Crippen molar-refractivity contribution in [2.75, 3.05) is 0 Å². The number of halogens is 1. The van der Waals surface area contributed by atoms with Crippen molar-refractivity contribution in [1.29, 1.82) is 0 Å². The Morgan fingerprint density at radius 2 is 2.20 bits per heavy atom. The predicted molar refractivity (Wildman–Crippen MR) is 49.1 cm³/mol. The number of rotatable bonds is 3. The number of nitro benzene ring substituents is 1. The van der Waals surface area contributed by atoms with Gasteiger partial charge in [-0.25, -0.2) is 0 Å². The number of nitro groups is 1. The second kappa shape index (κ2) is 4.04. The molecule has 80 valence electrons. The highest BCUT2D eigenvalue weighted by molar-refractivity contribution is 5.70. The molecule has 0 fully saturated rings. The first-order chi connectivity index (χ1) is 6.93. The first kappa shape index (κ1) is 11.1. The molecule has 0 atom stereocenters. The Bertz CT molecular complexity index is 430. The van der Waals surface area contributed by atoms with E-state index in [9.17, 15) is 19.3 Å². The quantitative estimate of drug-likeness (QED) is 0.611. The highest BCUT2D eigenvalue weighted by Gasteiger charge is 2.21. The van der Waals surface area contributed by atoms with Crippen LogP contribution in [0.4, 0.5) is 10.1 Å². The van der Waals surface area contributed by atoms with Crippen LogP contribution in [0.2, 0.25) is 0 Å². The highest BCUT2D eigenvalue weighted by atomic mass is 19.1. The fraction of sp³-hybridized carbons (Fsp3) is 0.222. The Morgan fingerprint density at radius 1 is 1.60 bits per heavy atom. The van der Waals surface area contributed by atoms with Gasteiger partial charge in [-0.1, -0.05) is 12.1 Å². The fourth-order valence-electron chi connectivity index (χ4n) is 1.23. The third-order valence-electron chi connectivity index (χ3n) is 1.92. The third kappa shape index (κ3) is 2.28. The molecule has 0 unspecified atom stereocenters. The van der Waals surface area contributed by atoms with Crippen molar-refractivity contribution < 1.29 is 19.2 Å². The standard InChI is InChI=1S/C9H8FNO4/c1-5-2-3-6(4-7(12)13)8(10)9(5)11(14)15/h2-3H,4H2,1H3,(H,12,13). The summed E-state index contributed by atoms with van der Waals surface area (Å²) in [6.07, 6.45) is -0.563. The van der Waals surface area contributed by atoms with Gasteiger partial charge in [0.1, 0.15) is 0 Å². The van der Waals surface area contributed by atoms with Crippen molar-refractivity contribution in [3.63, 3.8) is 0 Å². The second-order valence-corrected chi connectivity index (χ2v) is 3.03. The Hall–Kier alpha value is -1.98. The van der Waals surface area contributed by atoms with E-state index < -0.39 is 28.8 Å². The van der Waals surface area contributed by atoms with E-state index in [0.717, 1.165) is 0 Å². The molecule has 0 aliphatic heterocycles. The lowest BCUT2D eigenvalue weighted by Gasteiger charge is -2.02. The topological polar surface area (TPSA) is 80.4 Å². The number of carbonyl (C=O) groups is 1. The van der Waals surface area contributed by atoms with Crippen LogP contribution in [-0.4, -0.2) is 16.0 Å². The molecule has 15 heavy (non-hydrogen) atoms. The third-order valence-corrected chi connectivity index (χ3v) is 1.92. The van der Waals surface area contributed by atoms with Gasteiger partial charge in [-0.2, -0.15) is 4.39 Å². The summed E-state index contributed by atoms with van der Waals surface area (Å²) in [5, 5.41) is 19.0. The lowest BCUT2D eigenvalue weighted by molar-refractivity contribution is -0.388. The van der Waals surface area contributed by atoms with Crippen LogP contribution in [0.25, 0.3) is 0 Å². The summed E-state index contributed by atoms with van der Waals surface area (Å²) >= 11 is 0. The summed E-state index contributed by atoms with van der Waals surface area (Å²) in [6, 6.07) is 2.57. The molecule has 0 aliphatic carbocycles. The summed E-state index contributed by atoms with van der Waals surface area (Å²) < 4.78 is 13.4. The molecule has 0 bridgehead atoms. The van der Waals surface area contributed by atoms with E-state index in [-0.39, 0.29) is 11.1 Å². The maximum atomic E-state index is 13.4. The molecule has 1 aromatic rings. The van der Waals surface area contributed by atoms with E-state index in [1.807, 2.05) is 0 Å². The van der Waals surface area contributed by atoms with E-state index in [0.29, 0.717) is 0 Å². The van der Waals surface area contributed by atoms with Gasteiger partial charge >= 0.3 is 11.7 Å². The van der Waals surface area contributed by atoms with Crippen molar-refractivity contribution >= 4 is 11.7 Å². The lowest BCUT2D eigenvalue weighted by atomic mass is 10.1. The van der Waals surface area contributed by atoms with Gasteiger partial charge in [0, 0.05) is 11.1 Å². The average Bonchev–Trinajstić information content (AvgIpc) is 2.09.